The first kappa shape index (κ1) is 25.8. The molecule has 1 fully saturated rings. The highest BCUT2D eigenvalue weighted by molar-refractivity contribution is 9.10. The Hall–Kier alpha value is -2.26. The first-order valence-corrected chi connectivity index (χ1v) is 12.0. The molecule has 4 rings (SSSR count). The zero-order valence-electron chi connectivity index (χ0n) is 17.5. The Morgan fingerprint density at radius 2 is 1.77 bits per heavy atom. The zero-order valence-corrected chi connectivity index (χ0v) is 21.4. The molecule has 0 radical (unpaired) electrons. The van der Waals surface area contributed by atoms with Crippen molar-refractivity contribution in [1.29, 1.82) is 0 Å². The minimum absolute atomic E-state index is 0.0104. The van der Waals surface area contributed by atoms with Gasteiger partial charge in [0.1, 0.15) is 21.7 Å². The number of alkyl halides is 2. The first-order chi connectivity index (χ1) is 16.4. The van der Waals surface area contributed by atoms with Gasteiger partial charge in [0, 0.05) is 28.1 Å². The molecule has 4 nitrogen and oxygen atoms in total. The molecule has 2 unspecified atom stereocenters. The SMILES string of the molecule is Nc1c(F)ccc(CC(=O)c2cc(NC(=O)C3C(c4cc(F)cc(Br)c4)C3(Cl)Cl)ccc2Cl)c1F. The van der Waals surface area contributed by atoms with E-state index >= 15 is 0 Å². The summed E-state index contributed by atoms with van der Waals surface area (Å²) >= 11 is 22.0. The number of nitrogens with two attached hydrogens (primary N) is 1. The van der Waals surface area contributed by atoms with Crippen LogP contribution in [0, 0.1) is 23.4 Å². The van der Waals surface area contributed by atoms with Crippen molar-refractivity contribution in [3.05, 3.63) is 92.2 Å². The Balaban J connectivity index is 1.52. The third-order valence-corrected chi connectivity index (χ3v) is 7.40. The predicted molar refractivity (Wildman–Crippen MR) is 134 cm³/mol. The Labute approximate surface area is 221 Å². The van der Waals surface area contributed by atoms with Gasteiger partial charge in [-0.3, -0.25) is 9.59 Å². The number of hydrogen-bond donors (Lipinski definition) is 2. The van der Waals surface area contributed by atoms with Gasteiger partial charge in [0.2, 0.25) is 5.91 Å². The van der Waals surface area contributed by atoms with E-state index in [1.54, 1.807) is 6.07 Å². The Bertz CT molecular complexity index is 1350. The molecule has 35 heavy (non-hydrogen) atoms. The number of hydrogen-bond acceptors (Lipinski definition) is 3. The summed E-state index contributed by atoms with van der Waals surface area (Å²) in [5.74, 6) is -5.12. The molecule has 0 heterocycles. The summed E-state index contributed by atoms with van der Waals surface area (Å²) in [5, 5.41) is 2.71. The van der Waals surface area contributed by atoms with E-state index in [1.165, 1.54) is 30.3 Å². The number of ketones is 1. The Kier molecular flexibility index (Phi) is 7.12. The van der Waals surface area contributed by atoms with Crippen molar-refractivity contribution in [3.63, 3.8) is 0 Å². The molecule has 0 saturated heterocycles. The van der Waals surface area contributed by atoms with E-state index in [0.29, 0.717) is 10.0 Å². The Morgan fingerprint density at radius 3 is 2.46 bits per heavy atom. The van der Waals surface area contributed by atoms with Gasteiger partial charge in [0.15, 0.2) is 11.6 Å². The van der Waals surface area contributed by atoms with Crippen molar-refractivity contribution in [2.75, 3.05) is 11.1 Å². The van der Waals surface area contributed by atoms with Crippen LogP contribution in [0.25, 0.3) is 0 Å². The third kappa shape index (κ3) is 5.16. The summed E-state index contributed by atoms with van der Waals surface area (Å²) in [7, 11) is 0. The van der Waals surface area contributed by atoms with E-state index in [2.05, 4.69) is 21.2 Å². The van der Waals surface area contributed by atoms with Crippen molar-refractivity contribution >= 4 is 73.8 Å². The molecular weight excluding hydrogens is 592 g/mol. The van der Waals surface area contributed by atoms with Crippen LogP contribution in [0.4, 0.5) is 24.5 Å². The lowest BCUT2D eigenvalue weighted by Gasteiger charge is -2.10. The van der Waals surface area contributed by atoms with Crippen LogP contribution in [-0.2, 0) is 11.2 Å². The van der Waals surface area contributed by atoms with E-state index in [0.717, 1.165) is 12.1 Å². The van der Waals surface area contributed by atoms with Crippen molar-refractivity contribution in [2.45, 2.75) is 16.7 Å². The fourth-order valence-electron chi connectivity index (χ4n) is 3.88. The van der Waals surface area contributed by atoms with Crippen LogP contribution in [0.3, 0.4) is 0 Å². The molecule has 1 aliphatic rings. The van der Waals surface area contributed by atoms with E-state index < -0.39 is 57.4 Å². The van der Waals surface area contributed by atoms with Gasteiger partial charge in [-0.05, 0) is 53.6 Å². The fourth-order valence-corrected chi connectivity index (χ4v) is 5.41. The molecule has 2 atom stereocenters. The molecule has 0 spiro atoms. The highest BCUT2D eigenvalue weighted by Crippen LogP contribution is 2.65. The lowest BCUT2D eigenvalue weighted by Crippen LogP contribution is -2.17. The predicted octanol–water partition coefficient (Wildman–Crippen LogP) is 7.05. The number of benzene rings is 3. The van der Waals surface area contributed by atoms with Crippen molar-refractivity contribution < 1.29 is 22.8 Å². The van der Waals surface area contributed by atoms with E-state index in [9.17, 15) is 22.8 Å². The van der Waals surface area contributed by atoms with Crippen molar-refractivity contribution in [3.8, 4) is 0 Å². The van der Waals surface area contributed by atoms with Gasteiger partial charge in [-0.1, -0.05) is 33.6 Å². The highest BCUT2D eigenvalue weighted by Gasteiger charge is 2.67. The van der Waals surface area contributed by atoms with E-state index in [1.807, 2.05) is 0 Å². The van der Waals surface area contributed by atoms with Gasteiger partial charge in [-0.15, -0.1) is 23.2 Å². The minimum atomic E-state index is -1.46. The van der Waals surface area contributed by atoms with Crippen LogP contribution in [0.1, 0.15) is 27.4 Å². The van der Waals surface area contributed by atoms with Crippen LogP contribution in [0.2, 0.25) is 5.02 Å². The Morgan fingerprint density at radius 1 is 1.06 bits per heavy atom. The maximum Gasteiger partial charge on any atom is 0.231 e. The quantitative estimate of drug-likeness (QED) is 0.179. The molecule has 1 saturated carbocycles. The number of anilines is 2. The summed E-state index contributed by atoms with van der Waals surface area (Å²) in [6.07, 6.45) is -0.431. The third-order valence-electron chi connectivity index (χ3n) is 5.67. The second-order valence-corrected chi connectivity index (χ2v) is 10.8. The molecule has 182 valence electrons. The number of carbonyl (C=O) groups is 2. The van der Waals surface area contributed by atoms with Crippen LogP contribution in [0.15, 0.2) is 53.0 Å². The second-order valence-electron chi connectivity index (χ2n) is 8.05. The minimum Gasteiger partial charge on any atom is -0.394 e. The van der Waals surface area contributed by atoms with E-state index in [-0.39, 0.29) is 21.8 Å². The average molecular weight is 607 g/mol. The number of carbonyl (C=O) groups excluding carboxylic acids is 2. The number of nitrogen functional groups attached to an aromatic ring is 1. The maximum atomic E-state index is 14.2. The molecule has 11 heteroatoms. The summed E-state index contributed by atoms with van der Waals surface area (Å²) in [6, 6.07) is 10.4. The molecule has 0 aliphatic heterocycles. The summed E-state index contributed by atoms with van der Waals surface area (Å²) in [4.78, 5) is 25.7. The summed E-state index contributed by atoms with van der Waals surface area (Å²) in [6.45, 7) is 0. The van der Waals surface area contributed by atoms with Gasteiger partial charge in [-0.25, -0.2) is 13.2 Å². The first-order valence-electron chi connectivity index (χ1n) is 10.1. The van der Waals surface area contributed by atoms with Gasteiger partial charge >= 0.3 is 0 Å². The van der Waals surface area contributed by atoms with E-state index in [4.69, 9.17) is 40.5 Å². The number of amides is 1. The number of Topliss-reactive ketones (excluding diaryl/α,β-unsaturated/α-hetero) is 1. The van der Waals surface area contributed by atoms with Crippen LogP contribution >= 0.6 is 50.7 Å². The molecule has 0 aromatic heterocycles. The number of nitrogens with one attached hydrogen (secondary N) is 1. The average Bonchev–Trinajstić information content (AvgIpc) is 3.36. The molecule has 1 amide bonds. The van der Waals surface area contributed by atoms with Crippen LogP contribution in [-0.4, -0.2) is 16.0 Å². The van der Waals surface area contributed by atoms with Crippen LogP contribution in [0.5, 0.6) is 0 Å². The van der Waals surface area contributed by atoms with Gasteiger partial charge in [0.25, 0.3) is 0 Å². The second kappa shape index (κ2) is 9.65. The molecule has 1 aliphatic carbocycles. The molecule has 3 N–H and O–H groups in total. The fraction of sp³-hybridized carbons (Fsp3) is 0.167. The summed E-state index contributed by atoms with van der Waals surface area (Å²) < 4.78 is 40.5. The largest absolute Gasteiger partial charge is 0.394 e. The highest BCUT2D eigenvalue weighted by atomic mass is 79.9. The lowest BCUT2D eigenvalue weighted by molar-refractivity contribution is -0.117. The number of rotatable bonds is 6. The normalized spacial score (nSPS) is 18.3. The van der Waals surface area contributed by atoms with Crippen LogP contribution < -0.4 is 11.1 Å². The molecule has 3 aromatic carbocycles. The van der Waals surface area contributed by atoms with Gasteiger partial charge in [0.05, 0.1) is 10.9 Å². The van der Waals surface area contributed by atoms with Gasteiger partial charge in [-0.2, -0.15) is 0 Å². The molecule has 0 bridgehead atoms. The summed E-state index contributed by atoms with van der Waals surface area (Å²) in [5.41, 5.74) is 5.25. The topological polar surface area (TPSA) is 72.2 Å². The smallest absolute Gasteiger partial charge is 0.231 e. The van der Waals surface area contributed by atoms with Gasteiger partial charge < -0.3 is 11.1 Å². The number of halogens is 7. The zero-order chi connectivity index (χ0) is 25.7. The molecule has 3 aromatic rings. The lowest BCUT2D eigenvalue weighted by atomic mass is 10.0. The molecular formula is C24H15BrCl3F3N2O2. The monoisotopic (exact) mass is 604 g/mol. The van der Waals surface area contributed by atoms with Crippen molar-refractivity contribution in [1.82, 2.24) is 0 Å². The van der Waals surface area contributed by atoms with Crippen molar-refractivity contribution in [2.24, 2.45) is 5.92 Å². The standard InChI is InChI=1S/C24H15BrCl3F3N2O2/c25-12-5-11(6-13(29)8-12)19-20(24(19,27)28)23(35)33-14-2-3-16(26)15(9-14)18(34)7-10-1-4-17(30)22(32)21(10)31/h1-6,8-9,19-20H,7,32H2,(H,33,35). The maximum absolute atomic E-state index is 14.2.